The molecular weight excluding hydrogens is 283 g/mol. The maximum atomic E-state index is 12.4. The van der Waals surface area contributed by atoms with E-state index < -0.39 is 0 Å². The van der Waals surface area contributed by atoms with Crippen molar-refractivity contribution in [1.82, 2.24) is 4.90 Å². The molecule has 0 radical (unpaired) electrons. The number of likely N-dealkylation sites (tertiary alicyclic amines) is 1. The van der Waals surface area contributed by atoms with Gasteiger partial charge in [-0.3, -0.25) is 4.79 Å². The summed E-state index contributed by atoms with van der Waals surface area (Å²) in [5.41, 5.74) is 1.26. The second-order valence-electron chi connectivity index (χ2n) is 4.78. The van der Waals surface area contributed by atoms with Gasteiger partial charge in [-0.1, -0.05) is 23.2 Å². The van der Waals surface area contributed by atoms with Gasteiger partial charge in [-0.25, -0.2) is 0 Å². The first-order chi connectivity index (χ1) is 9.02. The van der Waals surface area contributed by atoms with E-state index in [4.69, 9.17) is 28.5 Å². The van der Waals surface area contributed by atoms with Crippen molar-refractivity contribution in [1.29, 1.82) is 5.26 Å². The Bertz CT molecular complexity index is 528. The zero-order valence-corrected chi connectivity index (χ0v) is 12.1. The molecule has 1 aromatic carbocycles. The fourth-order valence-corrected chi connectivity index (χ4v) is 2.71. The van der Waals surface area contributed by atoms with E-state index >= 15 is 0 Å². The van der Waals surface area contributed by atoms with Gasteiger partial charge in [0, 0.05) is 28.7 Å². The zero-order chi connectivity index (χ0) is 14.0. The largest absolute Gasteiger partial charge is 0.337 e. The zero-order valence-electron chi connectivity index (χ0n) is 10.6. The number of rotatable bonds is 1. The third-order valence-electron chi connectivity index (χ3n) is 3.42. The first-order valence-corrected chi connectivity index (χ1v) is 6.93. The van der Waals surface area contributed by atoms with Gasteiger partial charge in [-0.15, -0.1) is 0 Å². The molecule has 19 heavy (non-hydrogen) atoms. The SMILES string of the molecule is Cc1c(Cl)cc(C(=O)N2CCCC(C#N)C2)cc1Cl. The summed E-state index contributed by atoms with van der Waals surface area (Å²) in [4.78, 5) is 14.1. The lowest BCUT2D eigenvalue weighted by Gasteiger charge is -2.29. The van der Waals surface area contributed by atoms with Crippen molar-refractivity contribution in [3.05, 3.63) is 33.3 Å². The monoisotopic (exact) mass is 296 g/mol. The van der Waals surface area contributed by atoms with Gasteiger partial charge >= 0.3 is 0 Å². The van der Waals surface area contributed by atoms with Crippen molar-refractivity contribution in [2.45, 2.75) is 19.8 Å². The second-order valence-corrected chi connectivity index (χ2v) is 5.60. The third kappa shape index (κ3) is 3.02. The Morgan fingerprint density at radius 1 is 1.42 bits per heavy atom. The predicted molar refractivity (Wildman–Crippen MR) is 75.4 cm³/mol. The Kier molecular flexibility index (Phi) is 4.34. The molecular formula is C14H14Cl2N2O. The summed E-state index contributed by atoms with van der Waals surface area (Å²) in [5, 5.41) is 9.94. The van der Waals surface area contributed by atoms with Gasteiger partial charge in [-0.2, -0.15) is 5.26 Å². The van der Waals surface area contributed by atoms with Crippen LogP contribution in [0.2, 0.25) is 10.0 Å². The standard InChI is InChI=1S/C14H14Cl2N2O/c1-9-12(15)5-11(6-13(9)16)14(19)18-4-2-3-10(7-17)8-18/h5-6,10H,2-4,8H2,1H3. The second kappa shape index (κ2) is 5.81. The van der Waals surface area contributed by atoms with Crippen molar-refractivity contribution in [3.8, 4) is 6.07 Å². The van der Waals surface area contributed by atoms with Gasteiger partial charge < -0.3 is 4.90 Å². The highest BCUT2D eigenvalue weighted by Crippen LogP contribution is 2.27. The van der Waals surface area contributed by atoms with E-state index in [0.717, 1.165) is 18.4 Å². The summed E-state index contributed by atoms with van der Waals surface area (Å²) in [7, 11) is 0. The molecule has 2 rings (SSSR count). The van der Waals surface area contributed by atoms with E-state index in [2.05, 4.69) is 6.07 Å². The van der Waals surface area contributed by atoms with Crippen molar-refractivity contribution in [3.63, 3.8) is 0 Å². The molecule has 1 saturated heterocycles. The molecule has 100 valence electrons. The number of carbonyl (C=O) groups is 1. The summed E-state index contributed by atoms with van der Waals surface area (Å²) >= 11 is 12.1. The molecule has 1 atom stereocenters. The number of nitriles is 1. The van der Waals surface area contributed by atoms with E-state index in [0.29, 0.717) is 28.7 Å². The van der Waals surface area contributed by atoms with Crippen molar-refractivity contribution < 1.29 is 4.79 Å². The summed E-state index contributed by atoms with van der Waals surface area (Å²) in [6.07, 6.45) is 1.72. The smallest absolute Gasteiger partial charge is 0.253 e. The molecule has 0 aliphatic carbocycles. The molecule has 0 aromatic heterocycles. The average molecular weight is 297 g/mol. The highest BCUT2D eigenvalue weighted by atomic mass is 35.5. The lowest BCUT2D eigenvalue weighted by molar-refractivity contribution is 0.0699. The minimum atomic E-state index is -0.108. The maximum Gasteiger partial charge on any atom is 0.253 e. The highest BCUT2D eigenvalue weighted by Gasteiger charge is 2.24. The molecule has 3 nitrogen and oxygen atoms in total. The number of amides is 1. The fourth-order valence-electron chi connectivity index (χ4n) is 2.22. The molecule has 0 spiro atoms. The lowest BCUT2D eigenvalue weighted by Crippen LogP contribution is -2.39. The van der Waals surface area contributed by atoms with Gasteiger partial charge in [0.25, 0.3) is 5.91 Å². The van der Waals surface area contributed by atoms with Crippen LogP contribution < -0.4 is 0 Å². The molecule has 0 bridgehead atoms. The van der Waals surface area contributed by atoms with E-state index in [1.165, 1.54) is 0 Å². The van der Waals surface area contributed by atoms with E-state index in [1.807, 2.05) is 6.92 Å². The van der Waals surface area contributed by atoms with Gasteiger partial charge in [-0.05, 0) is 37.5 Å². The van der Waals surface area contributed by atoms with Crippen LogP contribution >= 0.6 is 23.2 Å². The van der Waals surface area contributed by atoms with Crippen LogP contribution in [0, 0.1) is 24.2 Å². The number of hydrogen-bond acceptors (Lipinski definition) is 2. The molecule has 1 heterocycles. The number of piperidine rings is 1. The minimum Gasteiger partial charge on any atom is -0.337 e. The summed E-state index contributed by atoms with van der Waals surface area (Å²) < 4.78 is 0. The summed E-state index contributed by atoms with van der Waals surface area (Å²) in [6, 6.07) is 5.51. The van der Waals surface area contributed by atoms with Crippen LogP contribution in [-0.4, -0.2) is 23.9 Å². The minimum absolute atomic E-state index is 0.0749. The Labute approximate surface area is 122 Å². The van der Waals surface area contributed by atoms with Crippen LogP contribution in [0.1, 0.15) is 28.8 Å². The van der Waals surface area contributed by atoms with Gasteiger partial charge in [0.15, 0.2) is 0 Å². The first-order valence-electron chi connectivity index (χ1n) is 6.17. The lowest BCUT2D eigenvalue weighted by atomic mass is 9.99. The molecule has 5 heteroatoms. The average Bonchev–Trinajstić information content (AvgIpc) is 2.43. The number of hydrogen-bond donors (Lipinski definition) is 0. The van der Waals surface area contributed by atoms with Crippen molar-refractivity contribution in [2.24, 2.45) is 5.92 Å². The van der Waals surface area contributed by atoms with Crippen LogP contribution in [0.5, 0.6) is 0 Å². The molecule has 0 saturated carbocycles. The van der Waals surface area contributed by atoms with E-state index in [9.17, 15) is 4.79 Å². The molecule has 1 unspecified atom stereocenters. The molecule has 1 aromatic rings. The van der Waals surface area contributed by atoms with Crippen LogP contribution in [-0.2, 0) is 0 Å². The van der Waals surface area contributed by atoms with E-state index in [-0.39, 0.29) is 11.8 Å². The Morgan fingerprint density at radius 2 is 2.05 bits per heavy atom. The van der Waals surface area contributed by atoms with Crippen LogP contribution in [0.25, 0.3) is 0 Å². The number of halogens is 2. The molecule has 1 aliphatic rings. The van der Waals surface area contributed by atoms with Crippen LogP contribution in [0.4, 0.5) is 0 Å². The van der Waals surface area contributed by atoms with Crippen molar-refractivity contribution >= 4 is 29.1 Å². The molecule has 1 fully saturated rings. The quantitative estimate of drug-likeness (QED) is 0.793. The topological polar surface area (TPSA) is 44.1 Å². The highest BCUT2D eigenvalue weighted by molar-refractivity contribution is 6.36. The van der Waals surface area contributed by atoms with E-state index in [1.54, 1.807) is 17.0 Å². The van der Waals surface area contributed by atoms with Gasteiger partial charge in [0.1, 0.15) is 0 Å². The molecule has 0 N–H and O–H groups in total. The third-order valence-corrected chi connectivity index (χ3v) is 4.20. The predicted octanol–water partition coefficient (Wildman–Crippen LogP) is 3.68. The van der Waals surface area contributed by atoms with Gasteiger partial charge in [0.05, 0.1) is 12.0 Å². The number of carbonyl (C=O) groups excluding carboxylic acids is 1. The summed E-state index contributed by atoms with van der Waals surface area (Å²) in [6.45, 7) is 2.98. The number of benzene rings is 1. The molecule has 1 aliphatic heterocycles. The Morgan fingerprint density at radius 3 is 2.63 bits per heavy atom. The summed E-state index contributed by atoms with van der Waals surface area (Å²) in [5.74, 6) is -0.183. The number of nitrogens with zero attached hydrogens (tertiary/aromatic N) is 2. The maximum absolute atomic E-state index is 12.4. The normalized spacial score (nSPS) is 19.1. The van der Waals surface area contributed by atoms with Gasteiger partial charge in [0.2, 0.25) is 0 Å². The van der Waals surface area contributed by atoms with Crippen LogP contribution in [0.3, 0.4) is 0 Å². The Balaban J connectivity index is 2.22. The van der Waals surface area contributed by atoms with Crippen molar-refractivity contribution in [2.75, 3.05) is 13.1 Å². The fraction of sp³-hybridized carbons (Fsp3) is 0.429. The van der Waals surface area contributed by atoms with Crippen LogP contribution in [0.15, 0.2) is 12.1 Å². The first kappa shape index (κ1) is 14.2. The Hall–Kier alpha value is -1.24. The molecule has 1 amide bonds.